The summed E-state index contributed by atoms with van der Waals surface area (Å²) in [4.78, 5) is 14.0. The number of ether oxygens (including phenoxy) is 1. The molecule has 166 valence electrons. The van der Waals surface area contributed by atoms with Crippen LogP contribution in [0.3, 0.4) is 0 Å². The molecule has 1 N–H and O–H groups in total. The van der Waals surface area contributed by atoms with Gasteiger partial charge in [-0.3, -0.25) is 4.39 Å². The van der Waals surface area contributed by atoms with Crippen LogP contribution in [-0.2, 0) is 11.2 Å². The third kappa shape index (κ3) is 6.41. The topological polar surface area (TPSA) is 49.8 Å². The predicted molar refractivity (Wildman–Crippen MR) is 122 cm³/mol. The van der Waals surface area contributed by atoms with Crippen LogP contribution in [-0.4, -0.2) is 49.4 Å². The molecule has 2 aromatic rings. The third-order valence-electron chi connectivity index (χ3n) is 5.80. The lowest BCUT2D eigenvalue weighted by Crippen LogP contribution is -2.20. The standard InChI is InChI=1S/C19H18O3.C7H14FN/c1-22-19(21)15-8-11-18-14(12-15)4-2-3-5-17(18)13-6-9-16(20)10-7-13;8-4-3-7-9-5-1-2-6-9/h5-12,20H,2-4H2,1H3;1-7H2. The van der Waals surface area contributed by atoms with Gasteiger partial charge in [-0.15, -0.1) is 0 Å². The minimum absolute atomic E-state index is 0.156. The highest BCUT2D eigenvalue weighted by Crippen LogP contribution is 2.32. The summed E-state index contributed by atoms with van der Waals surface area (Å²) in [7, 11) is 1.40. The number of allylic oxidation sites excluding steroid dienone is 1. The van der Waals surface area contributed by atoms with Gasteiger partial charge in [0.25, 0.3) is 0 Å². The minimum Gasteiger partial charge on any atom is -0.508 e. The van der Waals surface area contributed by atoms with Crippen molar-refractivity contribution in [1.82, 2.24) is 4.90 Å². The molecule has 1 heterocycles. The second-order valence-electron chi connectivity index (χ2n) is 8.01. The molecule has 0 saturated carbocycles. The van der Waals surface area contributed by atoms with E-state index in [2.05, 4.69) is 11.0 Å². The molecule has 4 nitrogen and oxygen atoms in total. The largest absolute Gasteiger partial charge is 0.508 e. The molecule has 5 heteroatoms. The van der Waals surface area contributed by atoms with Gasteiger partial charge >= 0.3 is 5.97 Å². The van der Waals surface area contributed by atoms with Crippen molar-refractivity contribution in [2.75, 3.05) is 33.4 Å². The van der Waals surface area contributed by atoms with Crippen molar-refractivity contribution in [3.63, 3.8) is 0 Å². The van der Waals surface area contributed by atoms with Crippen molar-refractivity contribution in [2.24, 2.45) is 0 Å². The molecule has 1 aliphatic carbocycles. The molecule has 2 aromatic carbocycles. The molecule has 2 aliphatic rings. The van der Waals surface area contributed by atoms with Gasteiger partial charge < -0.3 is 14.7 Å². The normalized spacial score (nSPS) is 15.9. The van der Waals surface area contributed by atoms with Crippen LogP contribution in [0.15, 0.2) is 48.5 Å². The number of aromatic hydroxyl groups is 1. The molecule has 0 amide bonds. The van der Waals surface area contributed by atoms with Gasteiger partial charge in [0.1, 0.15) is 5.75 Å². The quantitative estimate of drug-likeness (QED) is 0.653. The average Bonchev–Trinajstić information content (AvgIpc) is 3.23. The van der Waals surface area contributed by atoms with E-state index >= 15 is 0 Å². The van der Waals surface area contributed by atoms with Gasteiger partial charge in [-0.2, -0.15) is 0 Å². The van der Waals surface area contributed by atoms with E-state index in [-0.39, 0.29) is 18.4 Å². The summed E-state index contributed by atoms with van der Waals surface area (Å²) in [5, 5.41) is 9.46. The molecule has 0 bridgehead atoms. The first kappa shape index (κ1) is 23.0. The molecule has 4 rings (SSSR count). The number of likely N-dealkylation sites (tertiary alicyclic amines) is 1. The smallest absolute Gasteiger partial charge is 0.337 e. The Hall–Kier alpha value is -2.66. The third-order valence-corrected chi connectivity index (χ3v) is 5.80. The van der Waals surface area contributed by atoms with E-state index in [0.717, 1.165) is 48.9 Å². The summed E-state index contributed by atoms with van der Waals surface area (Å²) >= 11 is 0. The zero-order chi connectivity index (χ0) is 22.1. The van der Waals surface area contributed by atoms with Crippen molar-refractivity contribution < 1.29 is 19.0 Å². The van der Waals surface area contributed by atoms with Crippen LogP contribution < -0.4 is 0 Å². The summed E-state index contributed by atoms with van der Waals surface area (Å²) in [5.74, 6) is -0.0403. The van der Waals surface area contributed by atoms with Crippen LogP contribution in [0, 0.1) is 0 Å². The van der Waals surface area contributed by atoms with Crippen LogP contribution in [0.5, 0.6) is 5.75 Å². The lowest BCUT2D eigenvalue weighted by Gasteiger charge is -2.13. The van der Waals surface area contributed by atoms with Crippen molar-refractivity contribution in [2.45, 2.75) is 38.5 Å². The monoisotopic (exact) mass is 425 g/mol. The van der Waals surface area contributed by atoms with Gasteiger partial charge in [-0.25, -0.2) is 4.79 Å². The lowest BCUT2D eigenvalue weighted by molar-refractivity contribution is 0.0600. The summed E-state index contributed by atoms with van der Waals surface area (Å²) in [6.45, 7) is 3.20. The van der Waals surface area contributed by atoms with Crippen molar-refractivity contribution in [3.8, 4) is 5.75 Å². The molecule has 0 radical (unpaired) electrons. The highest BCUT2D eigenvalue weighted by atomic mass is 19.1. The van der Waals surface area contributed by atoms with E-state index < -0.39 is 0 Å². The Morgan fingerprint density at radius 3 is 2.52 bits per heavy atom. The number of carbonyl (C=O) groups excluding carboxylic acids is 1. The van der Waals surface area contributed by atoms with Crippen molar-refractivity contribution in [3.05, 3.63) is 70.8 Å². The van der Waals surface area contributed by atoms with Crippen LogP contribution in [0.4, 0.5) is 4.39 Å². The highest BCUT2D eigenvalue weighted by molar-refractivity contribution is 5.91. The number of phenols is 1. The summed E-state index contributed by atoms with van der Waals surface area (Å²) in [6, 6.07) is 13.0. The molecule has 1 aliphatic heterocycles. The number of carbonyl (C=O) groups is 1. The number of phenolic OH excluding ortho intramolecular Hbond substituents is 1. The maximum atomic E-state index is 11.7. The van der Waals surface area contributed by atoms with E-state index in [1.54, 1.807) is 12.1 Å². The minimum atomic E-state index is -0.304. The fourth-order valence-corrected chi connectivity index (χ4v) is 4.16. The molecule has 1 saturated heterocycles. The summed E-state index contributed by atoms with van der Waals surface area (Å²) in [6.07, 6.45) is 8.57. The maximum absolute atomic E-state index is 11.7. The Balaban J connectivity index is 0.000000254. The van der Waals surface area contributed by atoms with Gasteiger partial charge in [0.15, 0.2) is 0 Å². The lowest BCUT2D eigenvalue weighted by atomic mass is 9.92. The first-order valence-electron chi connectivity index (χ1n) is 11.1. The van der Waals surface area contributed by atoms with E-state index in [1.807, 2.05) is 30.3 Å². The first-order chi connectivity index (χ1) is 15.1. The molecule has 0 atom stereocenters. The number of alkyl halides is 1. The summed E-state index contributed by atoms with van der Waals surface area (Å²) < 4.78 is 16.4. The fourth-order valence-electron chi connectivity index (χ4n) is 4.16. The molecular weight excluding hydrogens is 393 g/mol. The second-order valence-corrected chi connectivity index (χ2v) is 8.01. The molecule has 1 fully saturated rings. The van der Waals surface area contributed by atoms with Gasteiger partial charge in [-0.1, -0.05) is 24.3 Å². The number of methoxy groups -OCH3 is 1. The van der Waals surface area contributed by atoms with Gasteiger partial charge in [0.05, 0.1) is 19.3 Å². The Morgan fingerprint density at radius 2 is 1.84 bits per heavy atom. The van der Waals surface area contributed by atoms with Crippen LogP contribution in [0.2, 0.25) is 0 Å². The molecule has 0 aromatic heterocycles. The Labute approximate surface area is 184 Å². The number of nitrogens with zero attached hydrogens (tertiary/aromatic N) is 1. The number of benzene rings is 2. The number of hydrogen-bond acceptors (Lipinski definition) is 4. The number of rotatable bonds is 5. The zero-order valence-electron chi connectivity index (χ0n) is 18.3. The van der Waals surface area contributed by atoms with Crippen LogP contribution >= 0.6 is 0 Å². The van der Waals surface area contributed by atoms with E-state index in [4.69, 9.17) is 4.74 Å². The van der Waals surface area contributed by atoms with Crippen LogP contribution in [0.25, 0.3) is 5.57 Å². The highest BCUT2D eigenvalue weighted by Gasteiger charge is 2.16. The zero-order valence-corrected chi connectivity index (χ0v) is 18.3. The maximum Gasteiger partial charge on any atom is 0.337 e. The van der Waals surface area contributed by atoms with Crippen molar-refractivity contribution in [1.29, 1.82) is 0 Å². The molecular formula is C26H32FNO3. The Bertz CT molecular complexity index is 886. The Kier molecular flexibility index (Phi) is 8.65. The van der Waals surface area contributed by atoms with E-state index in [1.165, 1.54) is 38.6 Å². The van der Waals surface area contributed by atoms with Crippen LogP contribution in [0.1, 0.15) is 59.2 Å². The Morgan fingerprint density at radius 1 is 1.10 bits per heavy atom. The molecule has 0 unspecified atom stereocenters. The first-order valence-corrected chi connectivity index (χ1v) is 11.1. The van der Waals surface area contributed by atoms with Gasteiger partial charge in [0.2, 0.25) is 0 Å². The average molecular weight is 426 g/mol. The summed E-state index contributed by atoms with van der Waals surface area (Å²) in [5.41, 5.74) is 5.14. The van der Waals surface area contributed by atoms with Gasteiger partial charge in [0, 0.05) is 6.54 Å². The molecule has 31 heavy (non-hydrogen) atoms. The SMILES string of the molecule is COC(=O)c1ccc2c(c1)CCCC=C2c1ccc(O)cc1.FCCCN1CCCC1. The number of hydrogen-bond donors (Lipinski definition) is 1. The predicted octanol–water partition coefficient (Wildman–Crippen LogP) is 5.39. The van der Waals surface area contributed by atoms with Gasteiger partial charge in [-0.05, 0) is 98.1 Å². The van der Waals surface area contributed by atoms with E-state index in [9.17, 15) is 14.3 Å². The second kappa shape index (κ2) is 11.7. The number of fused-ring (bicyclic) bond motifs is 1. The number of halogens is 1. The van der Waals surface area contributed by atoms with E-state index in [0.29, 0.717) is 5.56 Å². The van der Waals surface area contributed by atoms with Crippen molar-refractivity contribution >= 4 is 11.5 Å². The molecule has 0 spiro atoms. The number of esters is 1. The number of aryl methyl sites for hydroxylation is 1. The fraction of sp³-hybridized carbons (Fsp3) is 0.423.